The highest BCUT2D eigenvalue weighted by Gasteiger charge is 2.17. The summed E-state index contributed by atoms with van der Waals surface area (Å²) in [5.41, 5.74) is 1.13. The lowest BCUT2D eigenvalue weighted by Crippen LogP contribution is -2.38. The maximum atomic E-state index is 10.4. The van der Waals surface area contributed by atoms with Gasteiger partial charge in [0.25, 0.3) is 0 Å². The summed E-state index contributed by atoms with van der Waals surface area (Å²) in [6.45, 7) is 6.75. The molecule has 1 aliphatic heterocycles. The molecule has 7 heteroatoms. The summed E-state index contributed by atoms with van der Waals surface area (Å²) < 4.78 is 22.8. The summed E-state index contributed by atoms with van der Waals surface area (Å²) in [6, 6.07) is 6.06. The van der Waals surface area contributed by atoms with Crippen LogP contribution >= 0.6 is 0 Å². The van der Waals surface area contributed by atoms with E-state index in [1.807, 2.05) is 19.2 Å². The predicted molar refractivity (Wildman–Crippen MR) is 121 cm³/mol. The number of nitrogens with zero attached hydrogens (tertiary/aromatic N) is 2. The molecule has 0 amide bonds. The highest BCUT2D eigenvalue weighted by Crippen LogP contribution is 2.28. The Morgan fingerprint density at radius 3 is 2.68 bits per heavy atom. The van der Waals surface area contributed by atoms with Gasteiger partial charge in [-0.3, -0.25) is 9.80 Å². The van der Waals surface area contributed by atoms with E-state index in [1.165, 1.54) is 19.3 Å². The van der Waals surface area contributed by atoms with Crippen molar-refractivity contribution in [2.45, 2.75) is 50.9 Å². The van der Waals surface area contributed by atoms with Gasteiger partial charge in [-0.2, -0.15) is 0 Å². The first kappa shape index (κ1) is 24.3. The lowest BCUT2D eigenvalue weighted by molar-refractivity contribution is -0.0319. The van der Waals surface area contributed by atoms with E-state index in [0.717, 1.165) is 69.3 Å². The Hall–Kier alpha value is -1.38. The standard InChI is InChI=1S/C24H40N2O5/c1-25(18-21(27)19-31-22-6-4-3-5-7-22)17-20-8-9-23(24(16-20)28-2)30-15-12-26-10-13-29-14-11-26/h8-9,16,21-22,27H,3-7,10-15,17-19H2,1-2H3. The number of aliphatic hydroxyl groups excluding tert-OH is 1. The fourth-order valence-corrected chi connectivity index (χ4v) is 4.31. The molecule has 31 heavy (non-hydrogen) atoms. The maximum absolute atomic E-state index is 10.4. The molecule has 7 nitrogen and oxygen atoms in total. The van der Waals surface area contributed by atoms with E-state index in [-0.39, 0.29) is 0 Å². The van der Waals surface area contributed by atoms with Gasteiger partial charge in [0, 0.05) is 32.7 Å². The number of hydrogen-bond acceptors (Lipinski definition) is 7. The number of methoxy groups -OCH3 is 1. The van der Waals surface area contributed by atoms with Crippen molar-refractivity contribution in [2.75, 3.05) is 66.8 Å². The summed E-state index contributed by atoms with van der Waals surface area (Å²) >= 11 is 0. The van der Waals surface area contributed by atoms with Crippen molar-refractivity contribution in [2.24, 2.45) is 0 Å². The van der Waals surface area contributed by atoms with Crippen LogP contribution in [0, 0.1) is 0 Å². The van der Waals surface area contributed by atoms with Crippen molar-refractivity contribution in [3.05, 3.63) is 23.8 Å². The minimum atomic E-state index is -0.475. The molecule has 1 aliphatic carbocycles. The zero-order valence-electron chi connectivity index (χ0n) is 19.3. The number of likely N-dealkylation sites (N-methyl/N-ethyl adjacent to an activating group) is 1. The average molecular weight is 437 g/mol. The van der Waals surface area contributed by atoms with Crippen LogP contribution in [0.3, 0.4) is 0 Å². The molecule has 0 bridgehead atoms. The minimum absolute atomic E-state index is 0.328. The van der Waals surface area contributed by atoms with E-state index in [1.54, 1.807) is 7.11 Å². The van der Waals surface area contributed by atoms with Crippen molar-refractivity contribution in [1.82, 2.24) is 9.80 Å². The summed E-state index contributed by atoms with van der Waals surface area (Å²) in [5, 5.41) is 10.4. The number of rotatable bonds is 12. The molecular weight excluding hydrogens is 396 g/mol. The third-order valence-electron chi connectivity index (χ3n) is 6.05. The van der Waals surface area contributed by atoms with E-state index >= 15 is 0 Å². The molecule has 0 radical (unpaired) electrons. The molecule has 1 saturated heterocycles. The summed E-state index contributed by atoms with van der Waals surface area (Å²) in [7, 11) is 3.69. The molecule has 1 aromatic rings. The number of benzene rings is 1. The highest BCUT2D eigenvalue weighted by atomic mass is 16.5. The minimum Gasteiger partial charge on any atom is -0.493 e. The first-order valence-electron chi connectivity index (χ1n) is 11.7. The Balaban J connectivity index is 1.40. The summed E-state index contributed by atoms with van der Waals surface area (Å²) in [6.07, 6.45) is 5.91. The largest absolute Gasteiger partial charge is 0.493 e. The zero-order chi connectivity index (χ0) is 21.9. The molecule has 176 valence electrons. The van der Waals surface area contributed by atoms with Crippen LogP contribution in [-0.4, -0.2) is 93.9 Å². The molecule has 2 aliphatic rings. The third-order valence-corrected chi connectivity index (χ3v) is 6.05. The van der Waals surface area contributed by atoms with Crippen LogP contribution in [-0.2, 0) is 16.0 Å². The molecule has 0 aromatic heterocycles. The van der Waals surface area contributed by atoms with Crippen LogP contribution < -0.4 is 9.47 Å². The third kappa shape index (κ3) is 8.58. The average Bonchev–Trinajstić information content (AvgIpc) is 2.80. The van der Waals surface area contributed by atoms with E-state index in [4.69, 9.17) is 18.9 Å². The second-order valence-corrected chi connectivity index (χ2v) is 8.73. The molecule has 1 N–H and O–H groups in total. The van der Waals surface area contributed by atoms with Gasteiger partial charge in [-0.05, 0) is 37.6 Å². The topological polar surface area (TPSA) is 63.6 Å². The van der Waals surface area contributed by atoms with Gasteiger partial charge in [0.2, 0.25) is 0 Å². The van der Waals surface area contributed by atoms with Gasteiger partial charge in [-0.15, -0.1) is 0 Å². The number of ether oxygens (including phenoxy) is 4. The number of hydrogen-bond donors (Lipinski definition) is 1. The van der Waals surface area contributed by atoms with Gasteiger partial charge < -0.3 is 24.1 Å². The van der Waals surface area contributed by atoms with Gasteiger partial charge >= 0.3 is 0 Å². The molecule has 3 rings (SSSR count). The SMILES string of the molecule is COc1cc(CN(C)CC(O)COC2CCCCC2)ccc1OCCN1CCOCC1. The summed E-state index contributed by atoms with van der Waals surface area (Å²) in [5.74, 6) is 1.51. The van der Waals surface area contributed by atoms with Crippen LogP contribution in [0.2, 0.25) is 0 Å². The smallest absolute Gasteiger partial charge is 0.161 e. The van der Waals surface area contributed by atoms with Crippen LogP contribution in [0.1, 0.15) is 37.7 Å². The second-order valence-electron chi connectivity index (χ2n) is 8.73. The van der Waals surface area contributed by atoms with Gasteiger partial charge in [0.1, 0.15) is 6.61 Å². The summed E-state index contributed by atoms with van der Waals surface area (Å²) in [4.78, 5) is 4.46. The van der Waals surface area contributed by atoms with Crippen LogP contribution in [0.25, 0.3) is 0 Å². The molecular formula is C24H40N2O5. The number of aliphatic hydroxyl groups is 1. The lowest BCUT2D eigenvalue weighted by Gasteiger charge is -2.26. The molecule has 1 unspecified atom stereocenters. The van der Waals surface area contributed by atoms with E-state index < -0.39 is 6.10 Å². The van der Waals surface area contributed by atoms with E-state index in [0.29, 0.717) is 25.9 Å². The first-order chi connectivity index (χ1) is 15.1. The van der Waals surface area contributed by atoms with Crippen LogP contribution in [0.5, 0.6) is 11.5 Å². The van der Waals surface area contributed by atoms with Crippen molar-refractivity contribution < 1.29 is 24.1 Å². The van der Waals surface area contributed by atoms with Gasteiger partial charge in [0.05, 0.1) is 39.1 Å². The Kier molecular flexibility index (Phi) is 10.4. The molecule has 0 spiro atoms. The second kappa shape index (κ2) is 13.2. The van der Waals surface area contributed by atoms with Crippen molar-refractivity contribution in [3.8, 4) is 11.5 Å². The van der Waals surface area contributed by atoms with Gasteiger partial charge in [-0.25, -0.2) is 0 Å². The van der Waals surface area contributed by atoms with Crippen molar-refractivity contribution in [1.29, 1.82) is 0 Å². The van der Waals surface area contributed by atoms with Crippen molar-refractivity contribution >= 4 is 0 Å². The lowest BCUT2D eigenvalue weighted by atomic mass is 9.98. The first-order valence-corrected chi connectivity index (χ1v) is 11.7. The Labute approximate surface area is 187 Å². The molecule has 1 aromatic carbocycles. The Bertz CT molecular complexity index is 632. The fourth-order valence-electron chi connectivity index (χ4n) is 4.31. The van der Waals surface area contributed by atoms with E-state index in [2.05, 4.69) is 15.9 Å². The monoisotopic (exact) mass is 436 g/mol. The Morgan fingerprint density at radius 2 is 1.94 bits per heavy atom. The number of morpholine rings is 1. The molecule has 1 saturated carbocycles. The highest BCUT2D eigenvalue weighted by molar-refractivity contribution is 5.43. The maximum Gasteiger partial charge on any atom is 0.161 e. The molecule has 1 atom stereocenters. The van der Waals surface area contributed by atoms with E-state index in [9.17, 15) is 5.11 Å². The van der Waals surface area contributed by atoms with Crippen molar-refractivity contribution in [3.63, 3.8) is 0 Å². The van der Waals surface area contributed by atoms with Gasteiger partial charge in [-0.1, -0.05) is 25.3 Å². The quantitative estimate of drug-likeness (QED) is 0.540. The zero-order valence-corrected chi connectivity index (χ0v) is 19.3. The van der Waals surface area contributed by atoms with Crippen LogP contribution in [0.4, 0.5) is 0 Å². The molecule has 1 heterocycles. The normalized spacial score (nSPS) is 19.5. The Morgan fingerprint density at radius 1 is 1.16 bits per heavy atom. The predicted octanol–water partition coefficient (Wildman–Crippen LogP) is 2.55. The fraction of sp³-hybridized carbons (Fsp3) is 0.750. The van der Waals surface area contributed by atoms with Crippen LogP contribution in [0.15, 0.2) is 18.2 Å². The molecule has 2 fully saturated rings. The van der Waals surface area contributed by atoms with Gasteiger partial charge in [0.15, 0.2) is 11.5 Å².